The summed E-state index contributed by atoms with van der Waals surface area (Å²) in [5.74, 6) is 0.766. The lowest BCUT2D eigenvalue weighted by atomic mass is 10.0. The van der Waals surface area contributed by atoms with Gasteiger partial charge in [0.05, 0.1) is 18.1 Å². The number of fused-ring (bicyclic) bond motifs is 1. The number of rotatable bonds is 6. The summed E-state index contributed by atoms with van der Waals surface area (Å²) in [4.78, 5) is 8.53. The molecular formula is C14H21BrN4. The van der Waals surface area contributed by atoms with Crippen molar-refractivity contribution < 1.29 is 0 Å². The number of hydrogen-bond donors (Lipinski definition) is 1. The lowest BCUT2D eigenvalue weighted by Crippen LogP contribution is -2.26. The Labute approximate surface area is 122 Å². The summed E-state index contributed by atoms with van der Waals surface area (Å²) in [6, 6.07) is 0.526. The van der Waals surface area contributed by atoms with Gasteiger partial charge in [0.15, 0.2) is 5.65 Å². The van der Waals surface area contributed by atoms with Crippen molar-refractivity contribution in [1.82, 2.24) is 19.7 Å². The van der Waals surface area contributed by atoms with Gasteiger partial charge in [-0.05, 0) is 41.6 Å². The monoisotopic (exact) mass is 324 g/mol. The summed E-state index contributed by atoms with van der Waals surface area (Å²) >= 11 is 3.39. The van der Waals surface area contributed by atoms with Crippen LogP contribution in [-0.4, -0.2) is 20.4 Å². The fourth-order valence-corrected chi connectivity index (χ4v) is 2.32. The highest BCUT2D eigenvalue weighted by Crippen LogP contribution is 2.11. The van der Waals surface area contributed by atoms with Gasteiger partial charge in [0.1, 0.15) is 4.60 Å². The van der Waals surface area contributed by atoms with Gasteiger partial charge in [-0.15, -0.1) is 0 Å². The molecule has 2 rings (SSSR count). The third-order valence-corrected chi connectivity index (χ3v) is 3.66. The van der Waals surface area contributed by atoms with E-state index in [9.17, 15) is 0 Å². The third-order valence-electron chi connectivity index (χ3n) is 3.25. The Morgan fingerprint density at radius 2 is 2.00 bits per heavy atom. The maximum Gasteiger partial charge on any atom is 0.155 e. The van der Waals surface area contributed by atoms with Gasteiger partial charge in [-0.1, -0.05) is 13.8 Å². The SMILES string of the molecule is CC(C)CCC(C)NCc1cnc2cnc(Br)cn12. The van der Waals surface area contributed by atoms with Crippen LogP contribution in [0.15, 0.2) is 23.2 Å². The molecule has 1 atom stereocenters. The Morgan fingerprint density at radius 3 is 2.74 bits per heavy atom. The fraction of sp³-hybridized carbons (Fsp3) is 0.571. The highest BCUT2D eigenvalue weighted by molar-refractivity contribution is 9.10. The summed E-state index contributed by atoms with van der Waals surface area (Å²) in [5.41, 5.74) is 2.05. The average molecular weight is 325 g/mol. The van der Waals surface area contributed by atoms with Gasteiger partial charge >= 0.3 is 0 Å². The quantitative estimate of drug-likeness (QED) is 0.885. The van der Waals surface area contributed by atoms with Crippen LogP contribution in [0.3, 0.4) is 0 Å². The molecule has 0 spiro atoms. The maximum absolute atomic E-state index is 4.35. The normalized spacial score (nSPS) is 13.3. The first-order chi connectivity index (χ1) is 9.06. The van der Waals surface area contributed by atoms with Crippen LogP contribution in [0.4, 0.5) is 0 Å². The number of aromatic nitrogens is 3. The van der Waals surface area contributed by atoms with E-state index in [1.54, 1.807) is 6.20 Å². The minimum Gasteiger partial charge on any atom is -0.309 e. The van der Waals surface area contributed by atoms with Crippen LogP contribution in [0.1, 0.15) is 39.3 Å². The number of imidazole rings is 1. The Morgan fingerprint density at radius 1 is 1.21 bits per heavy atom. The molecule has 104 valence electrons. The molecule has 0 aromatic carbocycles. The molecule has 2 aromatic heterocycles. The van der Waals surface area contributed by atoms with Crippen molar-refractivity contribution in [3.8, 4) is 0 Å². The number of hydrogen-bond acceptors (Lipinski definition) is 3. The minimum absolute atomic E-state index is 0.526. The van der Waals surface area contributed by atoms with Crippen LogP contribution >= 0.6 is 15.9 Å². The van der Waals surface area contributed by atoms with Gasteiger partial charge in [-0.2, -0.15) is 0 Å². The van der Waals surface area contributed by atoms with Crippen molar-refractivity contribution in [2.75, 3.05) is 0 Å². The number of nitrogens with zero attached hydrogens (tertiary/aromatic N) is 3. The number of halogens is 1. The fourth-order valence-electron chi connectivity index (χ4n) is 2.01. The van der Waals surface area contributed by atoms with Crippen LogP contribution in [0.2, 0.25) is 0 Å². The lowest BCUT2D eigenvalue weighted by Gasteiger charge is -2.14. The molecule has 0 aliphatic heterocycles. The van der Waals surface area contributed by atoms with E-state index in [1.807, 2.05) is 12.4 Å². The second-order valence-electron chi connectivity index (χ2n) is 5.44. The van der Waals surface area contributed by atoms with Crippen LogP contribution in [0, 0.1) is 5.92 Å². The zero-order chi connectivity index (χ0) is 13.8. The molecule has 4 nitrogen and oxygen atoms in total. The minimum atomic E-state index is 0.526. The maximum atomic E-state index is 4.35. The highest BCUT2D eigenvalue weighted by Gasteiger charge is 2.07. The molecule has 0 fully saturated rings. The van der Waals surface area contributed by atoms with Gasteiger partial charge in [0.2, 0.25) is 0 Å². The molecule has 2 aromatic rings. The van der Waals surface area contributed by atoms with Gasteiger partial charge in [-0.25, -0.2) is 9.97 Å². The second kappa shape index (κ2) is 6.48. The van der Waals surface area contributed by atoms with Crippen molar-refractivity contribution in [2.24, 2.45) is 5.92 Å². The lowest BCUT2D eigenvalue weighted by molar-refractivity contribution is 0.448. The van der Waals surface area contributed by atoms with Crippen LogP contribution in [0.5, 0.6) is 0 Å². The summed E-state index contributed by atoms with van der Waals surface area (Å²) in [6.45, 7) is 7.60. The second-order valence-corrected chi connectivity index (χ2v) is 6.25. The highest BCUT2D eigenvalue weighted by atomic mass is 79.9. The summed E-state index contributed by atoms with van der Waals surface area (Å²) in [6.07, 6.45) is 8.11. The summed E-state index contributed by atoms with van der Waals surface area (Å²) < 4.78 is 2.89. The molecule has 5 heteroatoms. The van der Waals surface area contributed by atoms with Gasteiger partial charge in [0.25, 0.3) is 0 Å². The molecule has 0 radical (unpaired) electrons. The van der Waals surface area contributed by atoms with Crippen molar-refractivity contribution in [2.45, 2.75) is 46.2 Å². The van der Waals surface area contributed by atoms with Crippen molar-refractivity contribution >= 4 is 21.6 Å². The predicted octanol–water partition coefficient (Wildman–Crippen LogP) is 3.41. The molecule has 1 unspecified atom stereocenters. The molecule has 0 saturated heterocycles. The zero-order valence-corrected chi connectivity index (χ0v) is 13.3. The van der Waals surface area contributed by atoms with E-state index in [0.29, 0.717) is 6.04 Å². The van der Waals surface area contributed by atoms with E-state index in [-0.39, 0.29) is 0 Å². The Balaban J connectivity index is 1.96. The van der Waals surface area contributed by atoms with Crippen LogP contribution in [0.25, 0.3) is 5.65 Å². The molecular weight excluding hydrogens is 304 g/mol. The molecule has 19 heavy (non-hydrogen) atoms. The molecule has 0 amide bonds. The molecule has 0 saturated carbocycles. The van der Waals surface area contributed by atoms with E-state index in [1.165, 1.54) is 12.8 Å². The average Bonchev–Trinajstić information content (AvgIpc) is 2.76. The van der Waals surface area contributed by atoms with Crippen molar-refractivity contribution in [3.63, 3.8) is 0 Å². The van der Waals surface area contributed by atoms with Crippen molar-refractivity contribution in [3.05, 3.63) is 28.9 Å². The summed E-state index contributed by atoms with van der Waals surface area (Å²) in [5, 5.41) is 3.56. The van der Waals surface area contributed by atoms with Gasteiger partial charge in [-0.3, -0.25) is 4.40 Å². The Kier molecular flexibility index (Phi) is 4.93. The topological polar surface area (TPSA) is 42.2 Å². The van der Waals surface area contributed by atoms with E-state index < -0.39 is 0 Å². The first-order valence-electron chi connectivity index (χ1n) is 6.77. The first kappa shape index (κ1) is 14.5. The van der Waals surface area contributed by atoms with Gasteiger partial charge < -0.3 is 5.32 Å². The third kappa shape index (κ3) is 4.01. The molecule has 0 bridgehead atoms. The van der Waals surface area contributed by atoms with E-state index in [0.717, 1.165) is 28.4 Å². The molecule has 1 N–H and O–H groups in total. The largest absolute Gasteiger partial charge is 0.309 e. The zero-order valence-electron chi connectivity index (χ0n) is 11.7. The number of nitrogens with one attached hydrogen (secondary N) is 1. The molecule has 0 aliphatic carbocycles. The Hall–Kier alpha value is -0.940. The smallest absolute Gasteiger partial charge is 0.155 e. The van der Waals surface area contributed by atoms with Crippen molar-refractivity contribution in [1.29, 1.82) is 0 Å². The summed E-state index contributed by atoms with van der Waals surface area (Å²) in [7, 11) is 0. The molecule has 0 aliphatic rings. The standard InChI is InChI=1S/C14H21BrN4/c1-10(2)4-5-11(3)16-6-12-7-18-14-8-17-13(15)9-19(12)14/h7-11,16H,4-6H2,1-3H3. The predicted molar refractivity (Wildman–Crippen MR) is 81.1 cm³/mol. The Bertz CT molecular complexity index is 535. The van der Waals surface area contributed by atoms with Crippen LogP contribution < -0.4 is 5.32 Å². The first-order valence-corrected chi connectivity index (χ1v) is 7.56. The van der Waals surface area contributed by atoms with E-state index >= 15 is 0 Å². The van der Waals surface area contributed by atoms with Gasteiger partial charge in [0, 0.05) is 18.8 Å². The van der Waals surface area contributed by atoms with E-state index in [2.05, 4.69) is 56.4 Å². The van der Waals surface area contributed by atoms with Crippen LogP contribution in [-0.2, 0) is 6.54 Å². The van der Waals surface area contributed by atoms with E-state index in [4.69, 9.17) is 0 Å². The molecule has 2 heterocycles.